The number of amides is 1. The Morgan fingerprint density at radius 2 is 2.19 bits per heavy atom. The van der Waals surface area contributed by atoms with Crippen molar-refractivity contribution >= 4 is 11.7 Å². The van der Waals surface area contributed by atoms with Crippen LogP contribution in [0, 0.1) is 0 Å². The highest BCUT2D eigenvalue weighted by atomic mass is 16.5. The van der Waals surface area contributed by atoms with Crippen LogP contribution in [-0.4, -0.2) is 54.9 Å². The molecule has 0 bridgehead atoms. The van der Waals surface area contributed by atoms with Gasteiger partial charge in [0.25, 0.3) is 5.91 Å². The van der Waals surface area contributed by atoms with E-state index in [2.05, 4.69) is 22.1 Å². The molecule has 1 spiro atoms. The van der Waals surface area contributed by atoms with Crippen molar-refractivity contribution in [2.75, 3.05) is 31.2 Å². The summed E-state index contributed by atoms with van der Waals surface area (Å²) in [7, 11) is 0. The number of hydrogen-bond acceptors (Lipinski definition) is 5. The Morgan fingerprint density at radius 3 is 2.96 bits per heavy atom. The Hall–Kier alpha value is -1.66. The van der Waals surface area contributed by atoms with E-state index in [1.165, 1.54) is 19.3 Å². The van der Waals surface area contributed by atoms with Crippen molar-refractivity contribution in [3.05, 3.63) is 23.9 Å². The second-order valence-electron chi connectivity index (χ2n) is 7.89. The third-order valence-electron chi connectivity index (χ3n) is 6.02. The zero-order valence-corrected chi connectivity index (χ0v) is 15.6. The number of nitrogens with one attached hydrogen (secondary N) is 1. The second-order valence-corrected chi connectivity index (χ2v) is 7.89. The van der Waals surface area contributed by atoms with Gasteiger partial charge in [0, 0.05) is 50.5 Å². The van der Waals surface area contributed by atoms with Crippen molar-refractivity contribution in [2.45, 2.75) is 63.2 Å². The van der Waals surface area contributed by atoms with Crippen molar-refractivity contribution in [3.8, 4) is 0 Å². The van der Waals surface area contributed by atoms with E-state index in [4.69, 9.17) is 9.47 Å². The van der Waals surface area contributed by atoms with E-state index in [-0.39, 0.29) is 17.6 Å². The Balaban J connectivity index is 1.30. The molecule has 2 unspecified atom stereocenters. The largest absolute Gasteiger partial charge is 0.381 e. The minimum Gasteiger partial charge on any atom is -0.381 e. The Labute approximate surface area is 155 Å². The first-order chi connectivity index (χ1) is 12.7. The zero-order valence-electron chi connectivity index (χ0n) is 15.6. The summed E-state index contributed by atoms with van der Waals surface area (Å²) in [4.78, 5) is 19.3. The highest BCUT2D eigenvalue weighted by Gasteiger charge is 2.46. The molecule has 3 fully saturated rings. The predicted octanol–water partition coefficient (Wildman–Crippen LogP) is 2.53. The molecule has 26 heavy (non-hydrogen) atoms. The number of rotatable bonds is 4. The average molecular weight is 359 g/mol. The van der Waals surface area contributed by atoms with Crippen LogP contribution >= 0.6 is 0 Å². The van der Waals surface area contributed by atoms with E-state index in [1.54, 1.807) is 12.3 Å². The summed E-state index contributed by atoms with van der Waals surface area (Å²) in [5.41, 5.74) is 0.690. The van der Waals surface area contributed by atoms with Crippen molar-refractivity contribution in [2.24, 2.45) is 0 Å². The van der Waals surface area contributed by atoms with Crippen LogP contribution in [0.3, 0.4) is 0 Å². The lowest BCUT2D eigenvalue weighted by Crippen LogP contribution is -2.56. The van der Waals surface area contributed by atoms with Gasteiger partial charge in [-0.15, -0.1) is 0 Å². The third kappa shape index (κ3) is 3.71. The maximum absolute atomic E-state index is 12.5. The number of nitrogens with zero attached hydrogens (tertiary/aromatic N) is 2. The number of ether oxygens (including phenoxy) is 2. The molecule has 1 N–H and O–H groups in total. The van der Waals surface area contributed by atoms with Gasteiger partial charge in [0.15, 0.2) is 0 Å². The maximum atomic E-state index is 12.5. The molecule has 1 aromatic rings. The molecule has 4 rings (SSSR count). The van der Waals surface area contributed by atoms with E-state index in [1.807, 2.05) is 6.07 Å². The van der Waals surface area contributed by atoms with Crippen LogP contribution in [0.2, 0.25) is 0 Å². The van der Waals surface area contributed by atoms with Crippen molar-refractivity contribution in [3.63, 3.8) is 0 Å². The molecule has 142 valence electrons. The van der Waals surface area contributed by atoms with Gasteiger partial charge in [0.1, 0.15) is 5.82 Å². The minimum absolute atomic E-state index is 0.0158. The van der Waals surface area contributed by atoms with E-state index in [0.717, 1.165) is 44.8 Å². The molecule has 6 heteroatoms. The topological polar surface area (TPSA) is 63.7 Å². The summed E-state index contributed by atoms with van der Waals surface area (Å²) in [6, 6.07) is 4.18. The molecule has 3 aliphatic rings. The second kappa shape index (κ2) is 7.53. The number of aromatic nitrogens is 1. The first-order valence-electron chi connectivity index (χ1n) is 9.92. The fraction of sp³-hybridized carbons (Fsp3) is 0.700. The van der Waals surface area contributed by atoms with Crippen molar-refractivity contribution in [1.82, 2.24) is 10.3 Å². The molecule has 2 atom stereocenters. The molecule has 6 nitrogen and oxygen atoms in total. The molecule has 0 aromatic carbocycles. The number of carbonyl (C=O) groups excluding carboxylic acids is 1. The Kier molecular flexibility index (Phi) is 5.14. The molecular formula is C20H29N3O3. The lowest BCUT2D eigenvalue weighted by atomic mass is 9.82. The molecule has 3 aliphatic heterocycles. The van der Waals surface area contributed by atoms with Gasteiger partial charge in [0.2, 0.25) is 0 Å². The van der Waals surface area contributed by atoms with Crippen LogP contribution in [0.1, 0.15) is 55.8 Å². The Morgan fingerprint density at radius 1 is 1.38 bits per heavy atom. The molecule has 0 saturated carbocycles. The van der Waals surface area contributed by atoms with E-state index in [9.17, 15) is 4.79 Å². The van der Waals surface area contributed by atoms with E-state index >= 15 is 0 Å². The number of carbonyl (C=O) groups is 1. The monoisotopic (exact) mass is 359 g/mol. The number of pyridine rings is 1. The van der Waals surface area contributed by atoms with Crippen molar-refractivity contribution in [1.29, 1.82) is 0 Å². The normalized spacial score (nSPS) is 27.8. The number of hydrogen-bond donors (Lipinski definition) is 1. The Bertz CT molecular complexity index is 637. The molecular weight excluding hydrogens is 330 g/mol. The fourth-order valence-electron chi connectivity index (χ4n) is 4.40. The lowest BCUT2D eigenvalue weighted by molar-refractivity contribution is -0.233. The van der Waals surface area contributed by atoms with Gasteiger partial charge in [-0.2, -0.15) is 0 Å². The quantitative estimate of drug-likeness (QED) is 0.895. The van der Waals surface area contributed by atoms with Gasteiger partial charge < -0.3 is 19.7 Å². The maximum Gasteiger partial charge on any atom is 0.251 e. The van der Waals surface area contributed by atoms with E-state index in [0.29, 0.717) is 18.2 Å². The SMILES string of the molecule is CC1CCCCN1c1cc(C(=O)NCC2CC3(CCOCC3)O2)ccn1. The third-order valence-corrected chi connectivity index (χ3v) is 6.02. The summed E-state index contributed by atoms with van der Waals surface area (Å²) in [6.45, 7) is 5.38. The van der Waals surface area contributed by atoms with E-state index < -0.39 is 0 Å². The van der Waals surface area contributed by atoms with Gasteiger partial charge in [0.05, 0.1) is 11.7 Å². The van der Waals surface area contributed by atoms with Gasteiger partial charge in [-0.25, -0.2) is 4.98 Å². The molecule has 3 saturated heterocycles. The minimum atomic E-state index is -0.0464. The van der Waals surface area contributed by atoms with Gasteiger partial charge >= 0.3 is 0 Å². The van der Waals surface area contributed by atoms with Crippen LogP contribution in [-0.2, 0) is 9.47 Å². The zero-order chi connectivity index (χ0) is 18.0. The van der Waals surface area contributed by atoms with Crippen LogP contribution in [0.25, 0.3) is 0 Å². The summed E-state index contributed by atoms with van der Waals surface area (Å²) in [6.07, 6.45) is 8.47. The van der Waals surface area contributed by atoms with Gasteiger partial charge in [-0.1, -0.05) is 0 Å². The summed E-state index contributed by atoms with van der Waals surface area (Å²) < 4.78 is 11.5. The molecule has 1 aromatic heterocycles. The molecule has 4 heterocycles. The predicted molar refractivity (Wildman–Crippen MR) is 99.5 cm³/mol. The first kappa shape index (κ1) is 17.7. The molecule has 0 aliphatic carbocycles. The first-order valence-corrected chi connectivity index (χ1v) is 9.92. The van der Waals surface area contributed by atoms with Crippen LogP contribution in [0.5, 0.6) is 0 Å². The van der Waals surface area contributed by atoms with Crippen molar-refractivity contribution < 1.29 is 14.3 Å². The van der Waals surface area contributed by atoms with Gasteiger partial charge in [-0.05, 0) is 51.2 Å². The standard InChI is InChI=1S/C20H29N3O3/c1-15-4-2-3-9-23(15)18-12-16(5-8-21-18)19(24)22-14-17-13-20(26-17)6-10-25-11-7-20/h5,8,12,15,17H,2-4,6-7,9-11,13-14H2,1H3,(H,22,24). The smallest absolute Gasteiger partial charge is 0.251 e. The summed E-state index contributed by atoms with van der Waals surface area (Å²) in [5.74, 6) is 0.862. The number of anilines is 1. The van der Waals surface area contributed by atoms with Crippen LogP contribution in [0.4, 0.5) is 5.82 Å². The molecule has 1 amide bonds. The van der Waals surface area contributed by atoms with Crippen LogP contribution in [0.15, 0.2) is 18.3 Å². The lowest BCUT2D eigenvalue weighted by Gasteiger charge is -2.50. The molecule has 0 radical (unpaired) electrons. The number of piperidine rings is 1. The van der Waals surface area contributed by atoms with Crippen LogP contribution < -0.4 is 10.2 Å². The highest BCUT2D eigenvalue weighted by molar-refractivity contribution is 5.94. The summed E-state index contributed by atoms with van der Waals surface area (Å²) >= 11 is 0. The average Bonchev–Trinajstić information content (AvgIpc) is 2.65. The fourth-order valence-corrected chi connectivity index (χ4v) is 4.40. The highest BCUT2D eigenvalue weighted by Crippen LogP contribution is 2.40. The summed E-state index contributed by atoms with van der Waals surface area (Å²) in [5, 5.41) is 3.02. The van der Waals surface area contributed by atoms with Gasteiger partial charge in [-0.3, -0.25) is 4.79 Å².